The highest BCUT2D eigenvalue weighted by molar-refractivity contribution is 5.29. The zero-order valence-electron chi connectivity index (χ0n) is 14.6. The lowest BCUT2D eigenvalue weighted by Crippen LogP contribution is -2.14. The Morgan fingerprint density at radius 1 is 0.917 bits per heavy atom. The molecule has 0 atom stereocenters. The third kappa shape index (κ3) is 7.14. The number of nitrogens with one attached hydrogen (secondary N) is 1. The van der Waals surface area contributed by atoms with E-state index in [1.54, 1.807) is 12.1 Å². The second-order valence-corrected chi connectivity index (χ2v) is 6.15. The van der Waals surface area contributed by atoms with Crippen molar-refractivity contribution in [2.45, 2.75) is 52.2 Å². The lowest BCUT2D eigenvalue weighted by Gasteiger charge is -2.09. The number of ether oxygens (including phenoxy) is 1. The summed E-state index contributed by atoms with van der Waals surface area (Å²) in [7, 11) is 0. The Balaban J connectivity index is 1.70. The highest BCUT2D eigenvalue weighted by atomic mass is 19.1. The van der Waals surface area contributed by atoms with E-state index in [0.717, 1.165) is 24.4 Å². The monoisotopic (exact) mass is 329 g/mol. The Kier molecular flexibility index (Phi) is 8.33. The van der Waals surface area contributed by atoms with E-state index in [0.29, 0.717) is 6.61 Å². The van der Waals surface area contributed by atoms with Crippen LogP contribution < -0.4 is 10.1 Å². The van der Waals surface area contributed by atoms with Gasteiger partial charge in [0.05, 0.1) is 0 Å². The van der Waals surface area contributed by atoms with Crippen molar-refractivity contribution in [2.75, 3.05) is 6.54 Å². The van der Waals surface area contributed by atoms with Crippen LogP contribution in [0, 0.1) is 5.82 Å². The minimum atomic E-state index is -0.221. The van der Waals surface area contributed by atoms with Gasteiger partial charge in [-0.05, 0) is 48.4 Å². The second-order valence-electron chi connectivity index (χ2n) is 6.15. The maximum Gasteiger partial charge on any atom is 0.123 e. The molecule has 24 heavy (non-hydrogen) atoms. The first-order chi connectivity index (χ1) is 11.8. The third-order valence-electron chi connectivity index (χ3n) is 4.00. The molecule has 0 aliphatic carbocycles. The van der Waals surface area contributed by atoms with E-state index in [1.807, 2.05) is 12.1 Å². The summed E-state index contributed by atoms with van der Waals surface area (Å²) in [5, 5.41) is 3.49. The summed E-state index contributed by atoms with van der Waals surface area (Å²) < 4.78 is 18.7. The van der Waals surface area contributed by atoms with Crippen molar-refractivity contribution in [3.8, 4) is 5.75 Å². The smallest absolute Gasteiger partial charge is 0.123 e. The molecule has 0 saturated heterocycles. The van der Waals surface area contributed by atoms with Gasteiger partial charge in [-0.25, -0.2) is 4.39 Å². The molecule has 2 aromatic rings. The fraction of sp³-hybridized carbons (Fsp3) is 0.429. The number of halogens is 1. The van der Waals surface area contributed by atoms with Gasteiger partial charge in [-0.1, -0.05) is 56.9 Å². The Labute approximate surface area is 145 Å². The fourth-order valence-electron chi connectivity index (χ4n) is 2.58. The molecule has 2 aromatic carbocycles. The van der Waals surface area contributed by atoms with E-state index in [-0.39, 0.29) is 5.82 Å². The number of unbranched alkanes of at least 4 members (excludes halogenated alkanes) is 4. The minimum Gasteiger partial charge on any atom is -0.489 e. The first-order valence-corrected chi connectivity index (χ1v) is 8.95. The molecule has 0 bridgehead atoms. The van der Waals surface area contributed by atoms with Gasteiger partial charge in [0.2, 0.25) is 0 Å². The van der Waals surface area contributed by atoms with Crippen LogP contribution >= 0.6 is 0 Å². The Hall–Kier alpha value is -1.87. The normalized spacial score (nSPS) is 10.8. The van der Waals surface area contributed by atoms with Crippen LogP contribution in [-0.4, -0.2) is 6.54 Å². The van der Waals surface area contributed by atoms with Crippen molar-refractivity contribution in [1.29, 1.82) is 0 Å². The van der Waals surface area contributed by atoms with Gasteiger partial charge in [-0.15, -0.1) is 0 Å². The van der Waals surface area contributed by atoms with E-state index in [4.69, 9.17) is 4.74 Å². The molecule has 2 rings (SSSR count). The van der Waals surface area contributed by atoms with E-state index in [9.17, 15) is 4.39 Å². The van der Waals surface area contributed by atoms with Crippen LogP contribution in [-0.2, 0) is 13.2 Å². The van der Waals surface area contributed by atoms with Crippen molar-refractivity contribution in [1.82, 2.24) is 5.32 Å². The van der Waals surface area contributed by atoms with E-state index >= 15 is 0 Å². The predicted octanol–water partition coefficient (Wildman–Crippen LogP) is 5.46. The predicted molar refractivity (Wildman–Crippen MR) is 97.6 cm³/mol. The molecule has 0 aromatic heterocycles. The van der Waals surface area contributed by atoms with Gasteiger partial charge in [-0.2, -0.15) is 0 Å². The zero-order valence-corrected chi connectivity index (χ0v) is 14.6. The highest BCUT2D eigenvalue weighted by Gasteiger charge is 1.99. The van der Waals surface area contributed by atoms with Gasteiger partial charge >= 0.3 is 0 Å². The summed E-state index contributed by atoms with van der Waals surface area (Å²) in [6.07, 6.45) is 6.51. The summed E-state index contributed by atoms with van der Waals surface area (Å²) >= 11 is 0. The molecule has 0 aliphatic heterocycles. The number of rotatable bonds is 11. The van der Waals surface area contributed by atoms with Crippen LogP contribution in [0.2, 0.25) is 0 Å². The highest BCUT2D eigenvalue weighted by Crippen LogP contribution is 2.15. The minimum absolute atomic E-state index is 0.221. The van der Waals surface area contributed by atoms with Gasteiger partial charge in [0.25, 0.3) is 0 Å². The average Bonchev–Trinajstić information content (AvgIpc) is 2.61. The molecule has 0 fully saturated rings. The van der Waals surface area contributed by atoms with E-state index in [2.05, 4.69) is 24.4 Å². The zero-order chi connectivity index (χ0) is 17.0. The Morgan fingerprint density at radius 3 is 2.50 bits per heavy atom. The molecule has 0 radical (unpaired) electrons. The number of hydrogen-bond acceptors (Lipinski definition) is 2. The Bertz CT molecular complexity index is 583. The molecule has 0 aliphatic rings. The lowest BCUT2D eigenvalue weighted by molar-refractivity contribution is 0.305. The molecular formula is C21H28FNO. The Morgan fingerprint density at radius 2 is 1.71 bits per heavy atom. The third-order valence-corrected chi connectivity index (χ3v) is 4.00. The quantitative estimate of drug-likeness (QED) is 0.552. The fourth-order valence-corrected chi connectivity index (χ4v) is 2.58. The molecule has 1 N–H and O–H groups in total. The van der Waals surface area contributed by atoms with Gasteiger partial charge in [0.15, 0.2) is 0 Å². The van der Waals surface area contributed by atoms with E-state index < -0.39 is 0 Å². The van der Waals surface area contributed by atoms with Gasteiger partial charge in [0, 0.05) is 6.54 Å². The van der Waals surface area contributed by atoms with Crippen molar-refractivity contribution in [3.05, 3.63) is 65.5 Å². The van der Waals surface area contributed by atoms with Crippen molar-refractivity contribution >= 4 is 0 Å². The first kappa shape index (κ1) is 18.5. The molecule has 3 heteroatoms. The SMILES string of the molecule is CCCCCCCNCc1cccc(OCc2ccc(F)cc2)c1. The van der Waals surface area contributed by atoms with Crippen LogP contribution in [0.25, 0.3) is 0 Å². The van der Waals surface area contributed by atoms with Gasteiger partial charge in [-0.3, -0.25) is 0 Å². The van der Waals surface area contributed by atoms with Crippen molar-refractivity contribution in [3.63, 3.8) is 0 Å². The van der Waals surface area contributed by atoms with Crippen LogP contribution in [0.5, 0.6) is 5.75 Å². The van der Waals surface area contributed by atoms with Crippen LogP contribution in [0.3, 0.4) is 0 Å². The summed E-state index contributed by atoms with van der Waals surface area (Å²) in [4.78, 5) is 0. The van der Waals surface area contributed by atoms with Gasteiger partial charge < -0.3 is 10.1 Å². The molecule has 0 amide bonds. The molecular weight excluding hydrogens is 301 g/mol. The first-order valence-electron chi connectivity index (χ1n) is 8.95. The molecule has 0 heterocycles. The molecule has 0 spiro atoms. The van der Waals surface area contributed by atoms with Crippen molar-refractivity contribution in [2.24, 2.45) is 0 Å². The maximum absolute atomic E-state index is 12.9. The summed E-state index contributed by atoms with van der Waals surface area (Å²) in [6, 6.07) is 14.6. The van der Waals surface area contributed by atoms with Crippen LogP contribution in [0.1, 0.15) is 50.2 Å². The maximum atomic E-state index is 12.9. The second kappa shape index (κ2) is 10.8. The topological polar surface area (TPSA) is 21.3 Å². The standard InChI is InChI=1S/C21H28FNO/c1-2-3-4-5-6-14-23-16-19-8-7-9-21(15-19)24-17-18-10-12-20(22)13-11-18/h7-13,15,23H,2-6,14,16-17H2,1H3. The van der Waals surface area contributed by atoms with Crippen molar-refractivity contribution < 1.29 is 9.13 Å². The lowest BCUT2D eigenvalue weighted by atomic mass is 10.1. The molecule has 2 nitrogen and oxygen atoms in total. The number of benzene rings is 2. The summed E-state index contributed by atoms with van der Waals surface area (Å²) in [6.45, 7) is 4.61. The largest absolute Gasteiger partial charge is 0.489 e. The number of hydrogen-bond donors (Lipinski definition) is 1. The van der Waals surface area contributed by atoms with Crippen LogP contribution in [0.4, 0.5) is 4.39 Å². The van der Waals surface area contributed by atoms with Gasteiger partial charge in [0.1, 0.15) is 18.2 Å². The van der Waals surface area contributed by atoms with E-state index in [1.165, 1.54) is 49.8 Å². The summed E-state index contributed by atoms with van der Waals surface area (Å²) in [5.41, 5.74) is 2.19. The summed E-state index contributed by atoms with van der Waals surface area (Å²) in [5.74, 6) is 0.628. The average molecular weight is 329 g/mol. The molecule has 130 valence electrons. The molecule has 0 saturated carbocycles. The molecule has 0 unspecified atom stereocenters. The van der Waals surface area contributed by atoms with Crippen LogP contribution in [0.15, 0.2) is 48.5 Å².